The molecule has 0 unspecified atom stereocenters. The van der Waals surface area contributed by atoms with Crippen LogP contribution in [-0.4, -0.2) is 24.6 Å². The van der Waals surface area contributed by atoms with E-state index in [0.29, 0.717) is 11.0 Å². The van der Waals surface area contributed by atoms with Gasteiger partial charge >= 0.3 is 6.03 Å². The predicted octanol–water partition coefficient (Wildman–Crippen LogP) is 2.20. The lowest BCUT2D eigenvalue weighted by molar-refractivity contribution is -0.126. The number of benzene rings is 1. The highest BCUT2D eigenvalue weighted by Gasteiger charge is 2.18. The van der Waals surface area contributed by atoms with E-state index in [9.17, 15) is 14.0 Å². The second-order valence-electron chi connectivity index (χ2n) is 3.68. The molecule has 3 amide bonds. The molecule has 19 heavy (non-hydrogen) atoms. The summed E-state index contributed by atoms with van der Waals surface area (Å²) in [5.41, 5.74) is 0. The molecule has 0 aliphatic heterocycles. The van der Waals surface area contributed by atoms with Gasteiger partial charge in [0.2, 0.25) is 0 Å². The molecule has 0 saturated carbocycles. The molecule has 0 aromatic heterocycles. The Morgan fingerprint density at radius 2 is 2.16 bits per heavy atom. The van der Waals surface area contributed by atoms with Crippen molar-refractivity contribution in [1.82, 2.24) is 10.6 Å². The number of ether oxygens (including phenoxy) is 1. The fourth-order valence-electron chi connectivity index (χ4n) is 1.23. The van der Waals surface area contributed by atoms with E-state index in [2.05, 4.69) is 26.6 Å². The molecule has 0 radical (unpaired) electrons. The largest absolute Gasteiger partial charge is 0.478 e. The summed E-state index contributed by atoms with van der Waals surface area (Å²) in [4.78, 5) is 22.7. The van der Waals surface area contributed by atoms with Crippen molar-refractivity contribution in [2.45, 2.75) is 20.0 Å². The zero-order chi connectivity index (χ0) is 14.4. The van der Waals surface area contributed by atoms with Gasteiger partial charge in [0.1, 0.15) is 0 Å². The molecule has 1 atom stereocenters. The third-order valence-electron chi connectivity index (χ3n) is 2.14. The number of nitrogens with one attached hydrogen (secondary N) is 2. The summed E-state index contributed by atoms with van der Waals surface area (Å²) in [5.74, 6) is -1.29. The molecular formula is C12H14BrFN2O3. The first-order chi connectivity index (χ1) is 8.93. The molecule has 0 saturated heterocycles. The lowest BCUT2D eigenvalue weighted by atomic mass is 10.3. The van der Waals surface area contributed by atoms with Crippen molar-refractivity contribution in [1.29, 1.82) is 0 Å². The Hall–Kier alpha value is -1.63. The van der Waals surface area contributed by atoms with Crippen molar-refractivity contribution in [3.63, 3.8) is 0 Å². The number of carbonyl (C=O) groups is 2. The van der Waals surface area contributed by atoms with E-state index in [-0.39, 0.29) is 5.75 Å². The predicted molar refractivity (Wildman–Crippen MR) is 71.4 cm³/mol. The van der Waals surface area contributed by atoms with Gasteiger partial charge in [-0.3, -0.25) is 10.1 Å². The Morgan fingerprint density at radius 1 is 1.47 bits per heavy atom. The van der Waals surface area contributed by atoms with E-state index < -0.39 is 23.9 Å². The average molecular weight is 333 g/mol. The standard InChI is InChI=1S/C12H14BrFN2O3/c1-3-15-12(18)16-11(17)7(2)19-10-5-4-8(13)6-9(10)14/h4-7H,3H2,1-2H3,(H2,15,16,17,18)/t7-/m1/s1. The summed E-state index contributed by atoms with van der Waals surface area (Å²) in [7, 11) is 0. The van der Waals surface area contributed by atoms with Crippen LogP contribution in [0.15, 0.2) is 22.7 Å². The summed E-state index contributed by atoms with van der Waals surface area (Å²) in [6, 6.07) is 3.60. The van der Waals surface area contributed by atoms with Gasteiger partial charge in [-0.25, -0.2) is 9.18 Å². The summed E-state index contributed by atoms with van der Waals surface area (Å²) in [6.07, 6.45) is -0.988. The van der Waals surface area contributed by atoms with Crippen LogP contribution in [0.2, 0.25) is 0 Å². The number of rotatable bonds is 4. The van der Waals surface area contributed by atoms with Gasteiger partial charge in [-0.2, -0.15) is 0 Å². The molecule has 0 aliphatic carbocycles. The number of imide groups is 1. The summed E-state index contributed by atoms with van der Waals surface area (Å²) in [6.45, 7) is 3.55. The zero-order valence-electron chi connectivity index (χ0n) is 10.5. The highest BCUT2D eigenvalue weighted by atomic mass is 79.9. The second-order valence-corrected chi connectivity index (χ2v) is 4.60. The lowest BCUT2D eigenvalue weighted by Crippen LogP contribution is -2.45. The van der Waals surface area contributed by atoms with Crippen LogP contribution in [0.25, 0.3) is 0 Å². The molecular weight excluding hydrogens is 319 g/mol. The molecule has 0 aliphatic rings. The quantitative estimate of drug-likeness (QED) is 0.888. The maximum Gasteiger partial charge on any atom is 0.321 e. The highest BCUT2D eigenvalue weighted by molar-refractivity contribution is 9.10. The van der Waals surface area contributed by atoms with Gasteiger partial charge < -0.3 is 10.1 Å². The Morgan fingerprint density at radius 3 is 2.74 bits per heavy atom. The molecule has 0 heterocycles. The van der Waals surface area contributed by atoms with E-state index in [1.54, 1.807) is 13.0 Å². The minimum atomic E-state index is -0.988. The van der Waals surface area contributed by atoms with E-state index in [1.807, 2.05) is 0 Å². The molecule has 1 rings (SSSR count). The summed E-state index contributed by atoms with van der Waals surface area (Å²) < 4.78 is 19.2. The Bertz CT molecular complexity index is 482. The second kappa shape index (κ2) is 7.08. The Kier molecular flexibility index (Phi) is 5.75. The molecule has 5 nitrogen and oxygen atoms in total. The third-order valence-corrected chi connectivity index (χ3v) is 2.63. The first-order valence-electron chi connectivity index (χ1n) is 5.64. The molecule has 0 bridgehead atoms. The maximum atomic E-state index is 13.5. The van der Waals surface area contributed by atoms with E-state index in [0.717, 1.165) is 0 Å². The van der Waals surface area contributed by atoms with E-state index in [4.69, 9.17) is 4.74 Å². The monoisotopic (exact) mass is 332 g/mol. The van der Waals surface area contributed by atoms with Crippen LogP contribution in [0, 0.1) is 5.82 Å². The molecule has 0 fully saturated rings. The minimum Gasteiger partial charge on any atom is -0.478 e. The van der Waals surface area contributed by atoms with E-state index in [1.165, 1.54) is 19.1 Å². The number of hydrogen-bond acceptors (Lipinski definition) is 3. The van der Waals surface area contributed by atoms with Crippen LogP contribution >= 0.6 is 15.9 Å². The van der Waals surface area contributed by atoms with Crippen LogP contribution in [-0.2, 0) is 4.79 Å². The van der Waals surface area contributed by atoms with Crippen LogP contribution in [0.1, 0.15) is 13.8 Å². The molecule has 2 N–H and O–H groups in total. The highest BCUT2D eigenvalue weighted by Crippen LogP contribution is 2.22. The summed E-state index contributed by atoms with van der Waals surface area (Å²) in [5, 5.41) is 4.49. The van der Waals surface area contributed by atoms with Crippen molar-refractivity contribution < 1.29 is 18.7 Å². The number of amides is 3. The lowest BCUT2D eigenvalue weighted by Gasteiger charge is -2.14. The minimum absolute atomic E-state index is 0.0539. The Balaban J connectivity index is 2.61. The van der Waals surface area contributed by atoms with Gasteiger partial charge in [-0.1, -0.05) is 15.9 Å². The normalized spacial score (nSPS) is 11.6. The number of urea groups is 1. The molecule has 0 spiro atoms. The van der Waals surface area contributed by atoms with Gasteiger partial charge in [0.05, 0.1) is 0 Å². The van der Waals surface area contributed by atoms with Crippen LogP contribution in [0.5, 0.6) is 5.75 Å². The topological polar surface area (TPSA) is 67.4 Å². The van der Waals surface area contributed by atoms with Crippen molar-refractivity contribution in [3.8, 4) is 5.75 Å². The fraction of sp³-hybridized carbons (Fsp3) is 0.333. The van der Waals surface area contributed by atoms with Crippen molar-refractivity contribution >= 4 is 27.9 Å². The number of carbonyl (C=O) groups excluding carboxylic acids is 2. The molecule has 104 valence electrons. The number of halogens is 2. The zero-order valence-corrected chi connectivity index (χ0v) is 12.1. The van der Waals surface area contributed by atoms with Crippen LogP contribution in [0.3, 0.4) is 0 Å². The Labute approximate surface area is 118 Å². The molecule has 1 aromatic carbocycles. The van der Waals surface area contributed by atoms with Gasteiger partial charge in [0.15, 0.2) is 17.7 Å². The smallest absolute Gasteiger partial charge is 0.321 e. The third kappa shape index (κ3) is 4.86. The molecule has 7 heteroatoms. The van der Waals surface area contributed by atoms with Crippen LogP contribution in [0.4, 0.5) is 9.18 Å². The van der Waals surface area contributed by atoms with Crippen LogP contribution < -0.4 is 15.4 Å². The molecule has 1 aromatic rings. The van der Waals surface area contributed by atoms with Crippen molar-refractivity contribution in [3.05, 3.63) is 28.5 Å². The summed E-state index contributed by atoms with van der Waals surface area (Å²) >= 11 is 3.11. The maximum absolute atomic E-state index is 13.5. The van der Waals surface area contributed by atoms with Crippen molar-refractivity contribution in [2.75, 3.05) is 6.54 Å². The van der Waals surface area contributed by atoms with Gasteiger partial charge in [0.25, 0.3) is 5.91 Å². The van der Waals surface area contributed by atoms with Crippen molar-refractivity contribution in [2.24, 2.45) is 0 Å². The first-order valence-corrected chi connectivity index (χ1v) is 6.43. The van der Waals surface area contributed by atoms with Gasteiger partial charge in [-0.05, 0) is 32.0 Å². The van der Waals surface area contributed by atoms with Gasteiger partial charge in [0, 0.05) is 11.0 Å². The van der Waals surface area contributed by atoms with Gasteiger partial charge in [-0.15, -0.1) is 0 Å². The SMILES string of the molecule is CCNC(=O)NC(=O)[C@@H](C)Oc1ccc(Br)cc1F. The first kappa shape index (κ1) is 15.4. The number of hydrogen-bond donors (Lipinski definition) is 2. The fourth-order valence-corrected chi connectivity index (χ4v) is 1.57. The average Bonchev–Trinajstić information content (AvgIpc) is 2.32. The van der Waals surface area contributed by atoms with E-state index >= 15 is 0 Å².